The second-order valence-electron chi connectivity index (χ2n) is 6.04. The van der Waals surface area contributed by atoms with E-state index in [0.29, 0.717) is 18.1 Å². The number of nitrogens with zero attached hydrogens (tertiary/aromatic N) is 1. The molecule has 1 aromatic carbocycles. The van der Waals surface area contributed by atoms with Crippen LogP contribution in [0.5, 0.6) is 11.5 Å². The SMILES string of the molecule is CC/C=C(/C)C(=O)NC(C)c1ccc(OCc2ccncc2)c(OC)c1. The lowest BCUT2D eigenvalue weighted by Crippen LogP contribution is -2.27. The number of pyridine rings is 1. The number of ether oxygens (including phenoxy) is 2. The zero-order chi connectivity index (χ0) is 18.9. The van der Waals surface area contributed by atoms with Gasteiger partial charge in [0.25, 0.3) is 0 Å². The second-order valence-corrected chi connectivity index (χ2v) is 6.04. The van der Waals surface area contributed by atoms with Crippen LogP contribution in [0.15, 0.2) is 54.4 Å². The molecule has 0 aliphatic heterocycles. The Morgan fingerprint density at radius 2 is 1.96 bits per heavy atom. The molecule has 1 atom stereocenters. The molecule has 1 N–H and O–H groups in total. The van der Waals surface area contributed by atoms with Crippen LogP contribution in [0, 0.1) is 0 Å². The Morgan fingerprint density at radius 1 is 1.23 bits per heavy atom. The maximum atomic E-state index is 12.2. The Kier molecular flexibility index (Phi) is 7.21. The van der Waals surface area contributed by atoms with Gasteiger partial charge in [-0.05, 0) is 55.7 Å². The molecule has 2 aromatic rings. The van der Waals surface area contributed by atoms with Crippen LogP contribution < -0.4 is 14.8 Å². The van der Waals surface area contributed by atoms with E-state index in [9.17, 15) is 4.79 Å². The topological polar surface area (TPSA) is 60.5 Å². The quantitative estimate of drug-likeness (QED) is 0.722. The molecule has 0 fully saturated rings. The van der Waals surface area contributed by atoms with Crippen molar-refractivity contribution in [3.05, 3.63) is 65.5 Å². The zero-order valence-electron chi connectivity index (χ0n) is 15.8. The summed E-state index contributed by atoms with van der Waals surface area (Å²) in [6.45, 7) is 6.22. The van der Waals surface area contributed by atoms with E-state index in [1.54, 1.807) is 19.5 Å². The first-order valence-electron chi connectivity index (χ1n) is 8.72. The van der Waals surface area contributed by atoms with Crippen molar-refractivity contribution in [2.45, 2.75) is 39.8 Å². The van der Waals surface area contributed by atoms with Gasteiger partial charge in [-0.3, -0.25) is 9.78 Å². The molecule has 5 heteroatoms. The predicted octanol–water partition coefficient (Wildman–Crippen LogP) is 4.20. The van der Waals surface area contributed by atoms with Gasteiger partial charge >= 0.3 is 0 Å². The van der Waals surface area contributed by atoms with Crippen LogP contribution in [0.25, 0.3) is 0 Å². The monoisotopic (exact) mass is 354 g/mol. The summed E-state index contributed by atoms with van der Waals surface area (Å²) in [7, 11) is 1.61. The van der Waals surface area contributed by atoms with Crippen molar-refractivity contribution in [2.24, 2.45) is 0 Å². The smallest absolute Gasteiger partial charge is 0.247 e. The van der Waals surface area contributed by atoms with Crippen LogP contribution in [-0.2, 0) is 11.4 Å². The first kappa shape index (κ1) is 19.5. The number of hydrogen-bond acceptors (Lipinski definition) is 4. The van der Waals surface area contributed by atoms with Crippen LogP contribution >= 0.6 is 0 Å². The van der Waals surface area contributed by atoms with Crippen LogP contribution in [0.2, 0.25) is 0 Å². The number of amides is 1. The van der Waals surface area contributed by atoms with Crippen molar-refractivity contribution >= 4 is 5.91 Å². The van der Waals surface area contributed by atoms with E-state index in [0.717, 1.165) is 23.1 Å². The number of rotatable bonds is 8. The number of carbonyl (C=O) groups excluding carboxylic acids is 1. The van der Waals surface area contributed by atoms with Gasteiger partial charge in [-0.25, -0.2) is 0 Å². The molecule has 0 saturated carbocycles. The molecule has 26 heavy (non-hydrogen) atoms. The Labute approximate surface area is 155 Å². The fourth-order valence-electron chi connectivity index (χ4n) is 2.51. The number of methoxy groups -OCH3 is 1. The molecule has 0 radical (unpaired) electrons. The van der Waals surface area contributed by atoms with E-state index < -0.39 is 0 Å². The third-order valence-electron chi connectivity index (χ3n) is 4.05. The summed E-state index contributed by atoms with van der Waals surface area (Å²) in [4.78, 5) is 16.2. The maximum absolute atomic E-state index is 12.2. The molecule has 1 amide bonds. The lowest BCUT2D eigenvalue weighted by molar-refractivity contribution is -0.118. The Hall–Kier alpha value is -2.82. The largest absolute Gasteiger partial charge is 0.493 e. The van der Waals surface area contributed by atoms with Gasteiger partial charge < -0.3 is 14.8 Å². The molecule has 138 valence electrons. The minimum atomic E-state index is -0.133. The maximum Gasteiger partial charge on any atom is 0.247 e. The predicted molar refractivity (Wildman–Crippen MR) is 102 cm³/mol. The third kappa shape index (κ3) is 5.34. The average Bonchev–Trinajstić information content (AvgIpc) is 2.67. The van der Waals surface area contributed by atoms with Gasteiger partial charge in [0.15, 0.2) is 11.5 Å². The molecule has 1 unspecified atom stereocenters. The molecule has 5 nitrogen and oxygen atoms in total. The van der Waals surface area contributed by atoms with Crippen LogP contribution in [0.3, 0.4) is 0 Å². The first-order chi connectivity index (χ1) is 12.5. The van der Waals surface area contributed by atoms with Crippen LogP contribution in [0.4, 0.5) is 0 Å². The van der Waals surface area contributed by atoms with E-state index in [4.69, 9.17) is 9.47 Å². The highest BCUT2D eigenvalue weighted by Gasteiger charge is 2.14. The van der Waals surface area contributed by atoms with E-state index >= 15 is 0 Å². The molecule has 1 heterocycles. The van der Waals surface area contributed by atoms with Crippen LogP contribution in [-0.4, -0.2) is 18.0 Å². The zero-order valence-corrected chi connectivity index (χ0v) is 15.8. The third-order valence-corrected chi connectivity index (χ3v) is 4.05. The molecule has 1 aromatic heterocycles. The minimum Gasteiger partial charge on any atom is -0.493 e. The lowest BCUT2D eigenvalue weighted by atomic mass is 10.1. The molecule has 0 spiro atoms. The van der Waals surface area contributed by atoms with Gasteiger partial charge in [0.05, 0.1) is 13.2 Å². The fraction of sp³-hybridized carbons (Fsp3) is 0.333. The Morgan fingerprint density at radius 3 is 2.62 bits per heavy atom. The van der Waals surface area contributed by atoms with Gasteiger partial charge in [0, 0.05) is 18.0 Å². The first-order valence-corrected chi connectivity index (χ1v) is 8.72. The summed E-state index contributed by atoms with van der Waals surface area (Å²) >= 11 is 0. The van der Waals surface area contributed by atoms with E-state index in [1.807, 2.05) is 57.2 Å². The summed E-state index contributed by atoms with van der Waals surface area (Å²) in [5.41, 5.74) is 2.71. The summed E-state index contributed by atoms with van der Waals surface area (Å²) in [5.74, 6) is 1.24. The lowest BCUT2D eigenvalue weighted by Gasteiger charge is -2.17. The highest BCUT2D eigenvalue weighted by atomic mass is 16.5. The number of benzene rings is 1. The van der Waals surface area contributed by atoms with Gasteiger partial charge in [0.2, 0.25) is 5.91 Å². The van der Waals surface area contributed by atoms with E-state index in [1.165, 1.54) is 0 Å². The van der Waals surface area contributed by atoms with Crippen molar-refractivity contribution in [3.63, 3.8) is 0 Å². The number of nitrogens with one attached hydrogen (secondary N) is 1. The fourth-order valence-corrected chi connectivity index (χ4v) is 2.51. The molecular formula is C21H26N2O3. The average molecular weight is 354 g/mol. The molecule has 0 aliphatic carbocycles. The van der Waals surface area contributed by atoms with Crippen molar-refractivity contribution in [2.75, 3.05) is 7.11 Å². The highest BCUT2D eigenvalue weighted by Crippen LogP contribution is 2.31. The molecule has 0 aliphatic rings. The van der Waals surface area contributed by atoms with Crippen molar-refractivity contribution in [1.82, 2.24) is 10.3 Å². The number of aromatic nitrogens is 1. The van der Waals surface area contributed by atoms with Gasteiger partial charge in [-0.2, -0.15) is 0 Å². The number of allylic oxidation sites excluding steroid dienone is 1. The summed E-state index contributed by atoms with van der Waals surface area (Å²) in [6.07, 6.45) is 6.22. The van der Waals surface area contributed by atoms with Crippen molar-refractivity contribution in [1.29, 1.82) is 0 Å². The molecule has 0 saturated heterocycles. The van der Waals surface area contributed by atoms with Crippen molar-refractivity contribution in [3.8, 4) is 11.5 Å². The van der Waals surface area contributed by atoms with Gasteiger partial charge in [-0.1, -0.05) is 19.1 Å². The number of carbonyl (C=O) groups is 1. The van der Waals surface area contributed by atoms with Crippen LogP contribution in [0.1, 0.15) is 44.4 Å². The van der Waals surface area contributed by atoms with E-state index in [2.05, 4.69) is 10.3 Å². The van der Waals surface area contributed by atoms with E-state index in [-0.39, 0.29) is 11.9 Å². The normalized spacial score (nSPS) is 12.4. The van der Waals surface area contributed by atoms with Crippen molar-refractivity contribution < 1.29 is 14.3 Å². The summed E-state index contributed by atoms with van der Waals surface area (Å²) < 4.78 is 11.3. The second kappa shape index (κ2) is 9.61. The minimum absolute atomic E-state index is 0.0590. The molecular weight excluding hydrogens is 328 g/mol. The van der Waals surface area contributed by atoms with Gasteiger partial charge in [0.1, 0.15) is 6.61 Å². The number of hydrogen-bond donors (Lipinski definition) is 1. The summed E-state index contributed by atoms with van der Waals surface area (Å²) in [6, 6.07) is 9.38. The molecule has 2 rings (SSSR count). The molecule has 0 bridgehead atoms. The standard InChI is InChI=1S/C21H26N2O3/c1-5-6-15(2)21(24)23-16(3)18-7-8-19(20(13-18)25-4)26-14-17-9-11-22-12-10-17/h6-13,16H,5,14H2,1-4H3,(H,23,24)/b15-6-. The summed E-state index contributed by atoms with van der Waals surface area (Å²) in [5, 5.41) is 3.00. The highest BCUT2D eigenvalue weighted by molar-refractivity contribution is 5.93. The van der Waals surface area contributed by atoms with Gasteiger partial charge in [-0.15, -0.1) is 0 Å². The Bertz CT molecular complexity index is 757. The Balaban J connectivity index is 2.07.